The molecular weight excluding hydrogens is 254 g/mol. The number of anilines is 1. The molecule has 1 aromatic rings. The topological polar surface area (TPSA) is 38.3 Å². The van der Waals surface area contributed by atoms with Crippen LogP contribution >= 0.6 is 0 Å². The molecule has 19 heavy (non-hydrogen) atoms. The number of carbonyl (C=O) groups is 1. The molecule has 1 aromatic carbocycles. The Morgan fingerprint density at radius 3 is 2.58 bits per heavy atom. The van der Waals surface area contributed by atoms with Gasteiger partial charge in [0.2, 0.25) is 8.32 Å². The molecule has 3 nitrogen and oxygen atoms in total. The quantitative estimate of drug-likeness (QED) is 0.828. The second kappa shape index (κ2) is 4.67. The van der Waals surface area contributed by atoms with Crippen LogP contribution in [0.15, 0.2) is 18.2 Å². The van der Waals surface area contributed by atoms with Gasteiger partial charge in [0.05, 0.1) is 0 Å². The number of benzene rings is 1. The number of fused-ring (bicyclic) bond motifs is 1. The molecule has 0 atom stereocenters. The summed E-state index contributed by atoms with van der Waals surface area (Å²) in [5.41, 5.74) is 1.70. The van der Waals surface area contributed by atoms with E-state index < -0.39 is 8.32 Å². The normalized spacial score (nSPS) is 15.7. The highest BCUT2D eigenvalue weighted by molar-refractivity contribution is 6.74. The Labute approximate surface area is 116 Å². The third-order valence-corrected chi connectivity index (χ3v) is 8.50. The van der Waals surface area contributed by atoms with Crippen LogP contribution in [0.5, 0.6) is 5.75 Å². The van der Waals surface area contributed by atoms with Crippen LogP contribution < -0.4 is 9.74 Å². The summed E-state index contributed by atoms with van der Waals surface area (Å²) in [4.78, 5) is 11.9. The molecule has 0 aliphatic carbocycles. The zero-order valence-electron chi connectivity index (χ0n) is 12.5. The van der Waals surface area contributed by atoms with Gasteiger partial charge in [-0.05, 0) is 36.3 Å². The average molecular weight is 277 g/mol. The number of ketones is 1. The third-order valence-electron chi connectivity index (χ3n) is 4.14. The first-order valence-electron chi connectivity index (χ1n) is 6.81. The van der Waals surface area contributed by atoms with Gasteiger partial charge in [-0.1, -0.05) is 20.8 Å². The number of rotatable bonds is 2. The number of carbonyl (C=O) groups excluding carboxylic acids is 1. The van der Waals surface area contributed by atoms with Gasteiger partial charge in [-0.25, -0.2) is 0 Å². The molecule has 0 radical (unpaired) electrons. The molecule has 0 aromatic heterocycles. The van der Waals surface area contributed by atoms with Crippen molar-refractivity contribution in [1.82, 2.24) is 0 Å². The second-order valence-corrected chi connectivity index (χ2v) is 11.4. The summed E-state index contributed by atoms with van der Waals surface area (Å²) in [6.45, 7) is 11.8. The van der Waals surface area contributed by atoms with Gasteiger partial charge in [-0.3, -0.25) is 4.79 Å². The van der Waals surface area contributed by atoms with Crippen LogP contribution in [0.25, 0.3) is 0 Å². The molecule has 1 heterocycles. The summed E-state index contributed by atoms with van der Waals surface area (Å²) >= 11 is 0. The van der Waals surface area contributed by atoms with Gasteiger partial charge in [-0.2, -0.15) is 0 Å². The lowest BCUT2D eigenvalue weighted by Gasteiger charge is -2.36. The molecule has 2 rings (SSSR count). The summed E-state index contributed by atoms with van der Waals surface area (Å²) in [5.74, 6) is 1.02. The minimum absolute atomic E-state index is 0.158. The highest BCUT2D eigenvalue weighted by Crippen LogP contribution is 2.38. The Kier molecular flexibility index (Phi) is 3.47. The van der Waals surface area contributed by atoms with E-state index >= 15 is 0 Å². The van der Waals surface area contributed by atoms with Crippen molar-refractivity contribution >= 4 is 19.8 Å². The molecule has 0 bridgehead atoms. The van der Waals surface area contributed by atoms with Gasteiger partial charge < -0.3 is 9.74 Å². The molecule has 0 spiro atoms. The van der Waals surface area contributed by atoms with Crippen molar-refractivity contribution in [3.8, 4) is 5.75 Å². The lowest BCUT2D eigenvalue weighted by atomic mass is 10.0. The van der Waals surface area contributed by atoms with E-state index in [9.17, 15) is 4.79 Å². The minimum atomic E-state index is -1.84. The van der Waals surface area contributed by atoms with Crippen LogP contribution in [-0.2, 0) is 0 Å². The Morgan fingerprint density at radius 1 is 1.26 bits per heavy atom. The molecule has 0 amide bonds. The standard InChI is InChI=1S/C15H23NO2Si/c1-15(2,3)19(4,5)18-11-6-7-13-12(10-11)14(17)8-9-16-13/h6-7,10,16H,8-9H2,1-5H3. The zero-order chi connectivity index (χ0) is 14.3. The molecular formula is C15H23NO2Si. The Morgan fingerprint density at radius 2 is 1.95 bits per heavy atom. The third kappa shape index (κ3) is 2.83. The SMILES string of the molecule is CC(C)(C)[Si](C)(C)Oc1ccc2c(c1)C(=O)CCN2. The Balaban J connectivity index is 2.28. The minimum Gasteiger partial charge on any atom is -0.543 e. The van der Waals surface area contributed by atoms with Gasteiger partial charge in [0.25, 0.3) is 0 Å². The van der Waals surface area contributed by atoms with Crippen molar-refractivity contribution in [2.45, 2.75) is 45.3 Å². The molecule has 0 fully saturated rings. The van der Waals surface area contributed by atoms with E-state index in [-0.39, 0.29) is 10.8 Å². The van der Waals surface area contributed by atoms with Gasteiger partial charge in [0.15, 0.2) is 5.78 Å². The number of hydrogen-bond acceptors (Lipinski definition) is 3. The van der Waals surface area contributed by atoms with Gasteiger partial charge >= 0.3 is 0 Å². The number of Topliss-reactive ketones (excluding diaryl/α,β-unsaturated/α-hetero) is 1. The maximum atomic E-state index is 11.9. The molecule has 1 N–H and O–H groups in total. The first-order chi connectivity index (χ1) is 8.71. The van der Waals surface area contributed by atoms with Crippen LogP contribution in [-0.4, -0.2) is 20.6 Å². The van der Waals surface area contributed by atoms with Crippen molar-refractivity contribution in [2.75, 3.05) is 11.9 Å². The largest absolute Gasteiger partial charge is 0.543 e. The fourth-order valence-electron chi connectivity index (χ4n) is 1.86. The van der Waals surface area contributed by atoms with Crippen molar-refractivity contribution in [1.29, 1.82) is 0 Å². The smallest absolute Gasteiger partial charge is 0.250 e. The Bertz CT molecular complexity index is 503. The predicted molar refractivity (Wildman–Crippen MR) is 81.7 cm³/mol. The summed E-state index contributed by atoms with van der Waals surface area (Å²) in [6, 6.07) is 5.81. The molecule has 1 aliphatic rings. The first kappa shape index (κ1) is 14.1. The van der Waals surface area contributed by atoms with E-state index in [2.05, 4.69) is 39.2 Å². The summed E-state index contributed by atoms with van der Waals surface area (Å²) < 4.78 is 6.24. The molecule has 0 unspecified atom stereocenters. The van der Waals surface area contributed by atoms with Crippen molar-refractivity contribution in [3.63, 3.8) is 0 Å². The summed E-state index contributed by atoms with van der Waals surface area (Å²) in [5, 5.41) is 3.41. The summed E-state index contributed by atoms with van der Waals surface area (Å²) in [6.07, 6.45) is 0.566. The van der Waals surface area contributed by atoms with Gasteiger partial charge in [0.1, 0.15) is 5.75 Å². The van der Waals surface area contributed by atoms with E-state index in [4.69, 9.17) is 4.43 Å². The lowest BCUT2D eigenvalue weighted by Crippen LogP contribution is -2.43. The molecule has 0 saturated heterocycles. The maximum Gasteiger partial charge on any atom is 0.250 e. The molecule has 4 heteroatoms. The first-order valence-corrected chi connectivity index (χ1v) is 9.72. The van der Waals surface area contributed by atoms with Gasteiger partial charge in [0, 0.05) is 24.2 Å². The zero-order valence-corrected chi connectivity index (χ0v) is 13.5. The Hall–Kier alpha value is -1.29. The molecule has 0 saturated carbocycles. The molecule has 104 valence electrons. The van der Waals surface area contributed by atoms with E-state index in [1.54, 1.807) is 0 Å². The monoisotopic (exact) mass is 277 g/mol. The van der Waals surface area contributed by atoms with Crippen molar-refractivity contribution in [2.24, 2.45) is 0 Å². The van der Waals surface area contributed by atoms with E-state index in [1.165, 1.54) is 0 Å². The molecule has 1 aliphatic heterocycles. The summed E-state index contributed by atoms with van der Waals surface area (Å²) in [7, 11) is -1.84. The van der Waals surface area contributed by atoms with E-state index in [0.717, 1.165) is 23.5 Å². The van der Waals surface area contributed by atoms with Crippen LogP contribution in [0.2, 0.25) is 18.1 Å². The highest BCUT2D eigenvalue weighted by Gasteiger charge is 2.39. The second-order valence-electron chi connectivity index (χ2n) is 6.67. The average Bonchev–Trinajstić information content (AvgIpc) is 2.28. The van der Waals surface area contributed by atoms with Gasteiger partial charge in [-0.15, -0.1) is 0 Å². The fraction of sp³-hybridized carbons (Fsp3) is 0.533. The van der Waals surface area contributed by atoms with Crippen LogP contribution in [0.3, 0.4) is 0 Å². The van der Waals surface area contributed by atoms with Crippen molar-refractivity contribution in [3.05, 3.63) is 23.8 Å². The number of hydrogen-bond donors (Lipinski definition) is 1. The number of nitrogens with one attached hydrogen (secondary N) is 1. The maximum absolute atomic E-state index is 11.9. The van der Waals surface area contributed by atoms with Crippen LogP contribution in [0, 0.1) is 0 Å². The lowest BCUT2D eigenvalue weighted by molar-refractivity contribution is 0.0983. The van der Waals surface area contributed by atoms with E-state index in [0.29, 0.717) is 6.42 Å². The fourth-order valence-corrected chi connectivity index (χ4v) is 2.89. The van der Waals surface area contributed by atoms with Crippen LogP contribution in [0.4, 0.5) is 5.69 Å². The van der Waals surface area contributed by atoms with Crippen molar-refractivity contribution < 1.29 is 9.22 Å². The van der Waals surface area contributed by atoms with E-state index in [1.807, 2.05) is 18.2 Å². The predicted octanol–water partition coefficient (Wildman–Crippen LogP) is 4.07. The van der Waals surface area contributed by atoms with Crippen LogP contribution in [0.1, 0.15) is 37.6 Å². The highest BCUT2D eigenvalue weighted by atomic mass is 28.4.